The minimum Gasteiger partial charge on any atom is -0.457 e. The molecule has 1 aliphatic rings. The lowest BCUT2D eigenvalue weighted by Gasteiger charge is -2.24. The van der Waals surface area contributed by atoms with Crippen LogP contribution in [0.2, 0.25) is 0 Å². The van der Waals surface area contributed by atoms with Gasteiger partial charge in [0.1, 0.15) is 23.4 Å². The molecule has 4 rings (SSSR count). The Balaban J connectivity index is 1.35. The fourth-order valence-electron chi connectivity index (χ4n) is 3.45. The molecule has 30 heavy (non-hydrogen) atoms. The number of hydrogen-bond acceptors (Lipinski definition) is 4. The number of carbonyl (C=O) groups is 2. The van der Waals surface area contributed by atoms with Gasteiger partial charge < -0.3 is 19.9 Å². The van der Waals surface area contributed by atoms with Crippen LogP contribution in [0.25, 0.3) is 0 Å². The number of carbonyl (C=O) groups excluding carboxylic acids is 2. The van der Waals surface area contributed by atoms with Crippen molar-refractivity contribution < 1.29 is 18.7 Å². The summed E-state index contributed by atoms with van der Waals surface area (Å²) in [5, 5.41) is 2.87. The Morgan fingerprint density at radius 1 is 1.13 bits per heavy atom. The van der Waals surface area contributed by atoms with Crippen molar-refractivity contribution in [2.75, 3.05) is 11.9 Å². The molecule has 2 heterocycles. The molecule has 1 fully saturated rings. The Labute approximate surface area is 172 Å². The van der Waals surface area contributed by atoms with Gasteiger partial charge in [0.05, 0.1) is 12.7 Å². The van der Waals surface area contributed by atoms with Gasteiger partial charge >= 0.3 is 0 Å². The molecule has 1 aromatic heterocycles. The van der Waals surface area contributed by atoms with E-state index in [4.69, 9.17) is 4.74 Å². The number of nitrogens with one attached hydrogen (secondary N) is 2. The zero-order valence-corrected chi connectivity index (χ0v) is 16.2. The van der Waals surface area contributed by atoms with Gasteiger partial charge in [0, 0.05) is 24.1 Å². The molecular formula is C22H21FN4O3. The Morgan fingerprint density at radius 3 is 2.50 bits per heavy atom. The zero-order valence-electron chi connectivity index (χ0n) is 16.2. The van der Waals surface area contributed by atoms with E-state index in [1.54, 1.807) is 47.5 Å². The van der Waals surface area contributed by atoms with Gasteiger partial charge in [-0.3, -0.25) is 9.59 Å². The number of benzene rings is 2. The molecule has 2 aromatic carbocycles. The van der Waals surface area contributed by atoms with Crippen molar-refractivity contribution in [3.05, 3.63) is 72.6 Å². The van der Waals surface area contributed by atoms with Crippen molar-refractivity contribution in [2.45, 2.75) is 25.3 Å². The zero-order chi connectivity index (χ0) is 20.9. The summed E-state index contributed by atoms with van der Waals surface area (Å²) in [6.45, 7) is 0.565. The third-order valence-electron chi connectivity index (χ3n) is 4.94. The SMILES string of the molecule is O=C(Nc1ccc(Oc2ccc(F)cc2)cc1)[C@@H]1CCCN1C(=O)Cc1cnc[nH]1. The number of likely N-dealkylation sites (tertiary alicyclic amines) is 1. The number of aromatic nitrogens is 2. The first kappa shape index (κ1) is 19.6. The fourth-order valence-corrected chi connectivity index (χ4v) is 3.45. The number of hydrogen-bond donors (Lipinski definition) is 2. The van der Waals surface area contributed by atoms with E-state index in [9.17, 15) is 14.0 Å². The standard InChI is InChI=1S/C22H21FN4O3/c23-15-3-7-18(8-4-15)30-19-9-5-16(6-10-19)26-22(29)20-2-1-11-27(20)21(28)12-17-13-24-14-25-17/h3-10,13-14,20H,1-2,11-12H2,(H,24,25)(H,26,29)/t20-/m0/s1. The maximum Gasteiger partial charge on any atom is 0.247 e. The minimum atomic E-state index is -0.490. The number of ether oxygens (including phenoxy) is 1. The summed E-state index contributed by atoms with van der Waals surface area (Å²) in [5.74, 6) is 0.449. The molecule has 1 aliphatic heterocycles. The van der Waals surface area contributed by atoms with Gasteiger partial charge in [0.2, 0.25) is 11.8 Å². The predicted molar refractivity (Wildman–Crippen MR) is 109 cm³/mol. The molecule has 0 unspecified atom stereocenters. The lowest BCUT2D eigenvalue weighted by Crippen LogP contribution is -2.43. The second-order valence-electron chi connectivity index (χ2n) is 7.07. The molecule has 7 nitrogen and oxygen atoms in total. The molecule has 0 saturated carbocycles. The monoisotopic (exact) mass is 408 g/mol. The smallest absolute Gasteiger partial charge is 0.247 e. The molecule has 0 aliphatic carbocycles. The van der Waals surface area contributed by atoms with Crippen LogP contribution >= 0.6 is 0 Å². The Hall–Kier alpha value is -3.68. The van der Waals surface area contributed by atoms with Gasteiger partial charge in [0.25, 0.3) is 0 Å². The van der Waals surface area contributed by atoms with Crippen LogP contribution in [0.4, 0.5) is 10.1 Å². The highest BCUT2D eigenvalue weighted by Gasteiger charge is 2.34. The van der Waals surface area contributed by atoms with Crippen molar-refractivity contribution in [1.82, 2.24) is 14.9 Å². The highest BCUT2D eigenvalue weighted by atomic mass is 19.1. The number of anilines is 1. The van der Waals surface area contributed by atoms with Crippen molar-refractivity contribution in [1.29, 1.82) is 0 Å². The van der Waals surface area contributed by atoms with E-state index < -0.39 is 6.04 Å². The van der Waals surface area contributed by atoms with Crippen molar-refractivity contribution in [3.8, 4) is 11.5 Å². The molecule has 0 bridgehead atoms. The molecule has 2 amide bonds. The van der Waals surface area contributed by atoms with Crippen LogP contribution in [-0.2, 0) is 16.0 Å². The third kappa shape index (κ3) is 4.65. The summed E-state index contributed by atoms with van der Waals surface area (Å²) in [4.78, 5) is 33.8. The minimum absolute atomic E-state index is 0.0973. The number of imidazole rings is 1. The maximum atomic E-state index is 13.0. The van der Waals surface area contributed by atoms with Crippen molar-refractivity contribution in [3.63, 3.8) is 0 Å². The van der Waals surface area contributed by atoms with Crippen LogP contribution in [0, 0.1) is 5.82 Å². The van der Waals surface area contributed by atoms with Crippen LogP contribution < -0.4 is 10.1 Å². The van der Waals surface area contributed by atoms with Crippen molar-refractivity contribution >= 4 is 17.5 Å². The molecule has 0 spiro atoms. The lowest BCUT2D eigenvalue weighted by molar-refractivity contribution is -0.136. The molecule has 154 valence electrons. The Bertz CT molecular complexity index is 1000. The summed E-state index contributed by atoms with van der Waals surface area (Å²) < 4.78 is 18.6. The third-order valence-corrected chi connectivity index (χ3v) is 4.94. The van der Waals surface area contributed by atoms with Crippen molar-refractivity contribution in [2.24, 2.45) is 0 Å². The number of aromatic amines is 1. The average molecular weight is 408 g/mol. The van der Waals surface area contributed by atoms with E-state index in [1.807, 2.05) is 0 Å². The largest absolute Gasteiger partial charge is 0.457 e. The van der Waals surface area contributed by atoms with Gasteiger partial charge in [-0.2, -0.15) is 0 Å². The fraction of sp³-hybridized carbons (Fsp3) is 0.227. The molecule has 3 aromatic rings. The molecular weight excluding hydrogens is 387 g/mol. The van der Waals surface area contributed by atoms with Gasteiger partial charge in [-0.25, -0.2) is 9.37 Å². The van der Waals surface area contributed by atoms with E-state index in [-0.39, 0.29) is 24.1 Å². The Morgan fingerprint density at radius 2 is 1.83 bits per heavy atom. The highest BCUT2D eigenvalue weighted by molar-refractivity contribution is 5.97. The van der Waals surface area contributed by atoms with E-state index in [2.05, 4.69) is 15.3 Å². The van der Waals surface area contributed by atoms with Crippen LogP contribution in [0.1, 0.15) is 18.5 Å². The van der Waals surface area contributed by atoms with Gasteiger partial charge in [-0.1, -0.05) is 0 Å². The number of H-pyrrole nitrogens is 1. The summed E-state index contributed by atoms with van der Waals surface area (Å²) in [6.07, 6.45) is 4.75. The first-order valence-corrected chi connectivity index (χ1v) is 9.69. The molecule has 8 heteroatoms. The number of amides is 2. The summed E-state index contributed by atoms with van der Waals surface area (Å²) in [5.41, 5.74) is 1.34. The van der Waals surface area contributed by atoms with E-state index in [0.717, 1.165) is 12.1 Å². The van der Waals surface area contributed by atoms with E-state index in [1.165, 1.54) is 18.5 Å². The summed E-state index contributed by atoms with van der Waals surface area (Å²) >= 11 is 0. The second kappa shape index (κ2) is 8.77. The summed E-state index contributed by atoms with van der Waals surface area (Å²) in [6, 6.07) is 12.1. The molecule has 2 N–H and O–H groups in total. The molecule has 1 atom stereocenters. The lowest BCUT2D eigenvalue weighted by atomic mass is 10.2. The molecule has 1 saturated heterocycles. The van der Waals surface area contributed by atoms with Crippen LogP contribution in [-0.4, -0.2) is 39.3 Å². The quantitative estimate of drug-likeness (QED) is 0.653. The highest BCUT2D eigenvalue weighted by Crippen LogP contribution is 2.24. The summed E-state index contributed by atoms with van der Waals surface area (Å²) in [7, 11) is 0. The predicted octanol–water partition coefficient (Wildman–Crippen LogP) is 3.51. The average Bonchev–Trinajstić information content (AvgIpc) is 3.43. The van der Waals surface area contributed by atoms with Gasteiger partial charge in [0.15, 0.2) is 0 Å². The molecule has 0 radical (unpaired) electrons. The van der Waals surface area contributed by atoms with Crippen LogP contribution in [0.3, 0.4) is 0 Å². The van der Waals surface area contributed by atoms with E-state index >= 15 is 0 Å². The second-order valence-corrected chi connectivity index (χ2v) is 7.07. The van der Waals surface area contributed by atoms with Gasteiger partial charge in [-0.15, -0.1) is 0 Å². The maximum absolute atomic E-state index is 13.0. The van der Waals surface area contributed by atoms with E-state index in [0.29, 0.717) is 30.2 Å². The van der Waals surface area contributed by atoms with Gasteiger partial charge in [-0.05, 0) is 61.4 Å². The number of halogens is 1. The topological polar surface area (TPSA) is 87.3 Å². The van der Waals surface area contributed by atoms with Crippen LogP contribution in [0.5, 0.6) is 11.5 Å². The Kier molecular flexibility index (Phi) is 5.74. The number of rotatable bonds is 6. The first-order valence-electron chi connectivity index (χ1n) is 9.69. The number of nitrogens with zero attached hydrogens (tertiary/aromatic N) is 2. The first-order chi connectivity index (χ1) is 14.6. The normalized spacial score (nSPS) is 15.8. The van der Waals surface area contributed by atoms with Crippen LogP contribution in [0.15, 0.2) is 61.1 Å².